The zero-order chi connectivity index (χ0) is 12.6. The Hall–Kier alpha value is -0.660. The first-order valence-electron chi connectivity index (χ1n) is 5.15. The summed E-state index contributed by atoms with van der Waals surface area (Å²) in [6.45, 7) is 4.84. The van der Waals surface area contributed by atoms with E-state index in [9.17, 15) is 13.2 Å². The zero-order valence-electron chi connectivity index (χ0n) is 9.95. The first kappa shape index (κ1) is 15.3. The molecule has 6 nitrogen and oxygen atoms in total. The molecule has 0 aromatic carbocycles. The number of sulfonamides is 1. The third-order valence-corrected chi connectivity index (χ3v) is 3.19. The number of hydrogen-bond acceptors (Lipinski definition) is 5. The highest BCUT2D eigenvalue weighted by Crippen LogP contribution is 1.91. The molecule has 0 aromatic rings. The second-order valence-corrected chi connectivity index (χ2v) is 5.57. The number of ether oxygens (including phenoxy) is 1. The molecule has 0 fully saturated rings. The molecule has 0 aliphatic rings. The Bertz CT molecular complexity index is 301. The van der Waals surface area contributed by atoms with Gasteiger partial charge in [0.2, 0.25) is 10.0 Å². The van der Waals surface area contributed by atoms with E-state index >= 15 is 0 Å². The van der Waals surface area contributed by atoms with Crippen LogP contribution in [0.25, 0.3) is 0 Å². The second kappa shape index (κ2) is 7.59. The van der Waals surface area contributed by atoms with Crippen molar-refractivity contribution in [2.75, 3.05) is 26.0 Å². The molecular formula is C9H20N2O4S. The van der Waals surface area contributed by atoms with Crippen molar-refractivity contribution in [3.63, 3.8) is 0 Å². The monoisotopic (exact) mass is 252 g/mol. The minimum atomic E-state index is -3.38. The maximum absolute atomic E-state index is 11.3. The lowest BCUT2D eigenvalue weighted by Crippen LogP contribution is -2.36. The SMILES string of the molecule is COC(=O)CCS(=O)(=O)NCCNC(C)C. The van der Waals surface area contributed by atoms with Gasteiger partial charge in [-0.15, -0.1) is 0 Å². The van der Waals surface area contributed by atoms with Gasteiger partial charge in [0.1, 0.15) is 0 Å². The molecule has 0 bridgehead atoms. The van der Waals surface area contributed by atoms with E-state index in [1.54, 1.807) is 0 Å². The van der Waals surface area contributed by atoms with Crippen LogP contribution in [0.5, 0.6) is 0 Å². The molecule has 0 unspecified atom stereocenters. The molecule has 0 heterocycles. The quantitative estimate of drug-likeness (QED) is 0.448. The predicted molar refractivity (Wildman–Crippen MR) is 61.6 cm³/mol. The molecule has 0 aliphatic carbocycles. The lowest BCUT2D eigenvalue weighted by atomic mass is 10.4. The van der Waals surface area contributed by atoms with Crippen LogP contribution in [0.3, 0.4) is 0 Å². The Kier molecular flexibility index (Phi) is 7.27. The Morgan fingerprint density at radius 2 is 1.94 bits per heavy atom. The fourth-order valence-corrected chi connectivity index (χ4v) is 1.95. The van der Waals surface area contributed by atoms with Crippen molar-refractivity contribution in [3.8, 4) is 0 Å². The van der Waals surface area contributed by atoms with E-state index in [4.69, 9.17) is 0 Å². The van der Waals surface area contributed by atoms with E-state index in [2.05, 4.69) is 14.8 Å². The van der Waals surface area contributed by atoms with Crippen LogP contribution in [-0.2, 0) is 19.6 Å². The minimum absolute atomic E-state index is 0.122. The molecule has 0 amide bonds. The third-order valence-electron chi connectivity index (χ3n) is 1.80. The van der Waals surface area contributed by atoms with E-state index < -0.39 is 16.0 Å². The van der Waals surface area contributed by atoms with Crippen LogP contribution in [0.4, 0.5) is 0 Å². The Morgan fingerprint density at radius 3 is 2.44 bits per heavy atom. The molecule has 0 aromatic heterocycles. The molecule has 0 aliphatic heterocycles. The van der Waals surface area contributed by atoms with Gasteiger partial charge < -0.3 is 10.1 Å². The summed E-state index contributed by atoms with van der Waals surface area (Å²) in [5, 5.41) is 3.08. The average molecular weight is 252 g/mol. The highest BCUT2D eigenvalue weighted by atomic mass is 32.2. The molecule has 0 saturated heterocycles. The number of carbonyl (C=O) groups excluding carboxylic acids is 1. The van der Waals surface area contributed by atoms with Crippen molar-refractivity contribution in [2.45, 2.75) is 26.3 Å². The van der Waals surface area contributed by atoms with Crippen molar-refractivity contribution in [2.24, 2.45) is 0 Å². The van der Waals surface area contributed by atoms with Gasteiger partial charge in [-0.1, -0.05) is 13.8 Å². The van der Waals surface area contributed by atoms with Crippen LogP contribution >= 0.6 is 0 Å². The number of nitrogens with one attached hydrogen (secondary N) is 2. The molecule has 0 radical (unpaired) electrons. The fourth-order valence-electron chi connectivity index (χ4n) is 0.959. The second-order valence-electron chi connectivity index (χ2n) is 3.65. The van der Waals surface area contributed by atoms with E-state index in [0.717, 1.165) is 0 Å². The number of carbonyl (C=O) groups is 1. The molecule has 0 spiro atoms. The van der Waals surface area contributed by atoms with Gasteiger partial charge in [0.25, 0.3) is 0 Å². The molecule has 96 valence electrons. The highest BCUT2D eigenvalue weighted by molar-refractivity contribution is 7.89. The number of esters is 1. The van der Waals surface area contributed by atoms with Crippen molar-refractivity contribution in [1.82, 2.24) is 10.0 Å². The maximum Gasteiger partial charge on any atom is 0.306 e. The molecule has 0 saturated carbocycles. The van der Waals surface area contributed by atoms with Crippen molar-refractivity contribution < 1.29 is 17.9 Å². The van der Waals surface area contributed by atoms with Gasteiger partial charge in [-0.2, -0.15) is 0 Å². The number of methoxy groups -OCH3 is 1. The van der Waals surface area contributed by atoms with Crippen molar-refractivity contribution >= 4 is 16.0 Å². The number of hydrogen-bond donors (Lipinski definition) is 2. The third kappa shape index (κ3) is 8.63. The van der Waals surface area contributed by atoms with Crippen molar-refractivity contribution in [3.05, 3.63) is 0 Å². The first-order valence-corrected chi connectivity index (χ1v) is 6.80. The van der Waals surface area contributed by atoms with Crippen LogP contribution in [0, 0.1) is 0 Å². The van der Waals surface area contributed by atoms with Crippen LogP contribution in [-0.4, -0.2) is 46.4 Å². The van der Waals surface area contributed by atoms with E-state index in [0.29, 0.717) is 19.1 Å². The van der Waals surface area contributed by atoms with Gasteiger partial charge >= 0.3 is 5.97 Å². The summed E-state index contributed by atoms with van der Waals surface area (Å²) in [5.74, 6) is -0.757. The topological polar surface area (TPSA) is 84.5 Å². The standard InChI is InChI=1S/C9H20N2O4S/c1-8(2)10-5-6-11-16(13,14)7-4-9(12)15-3/h8,10-11H,4-7H2,1-3H3. The summed E-state index contributed by atoms with van der Waals surface area (Å²) >= 11 is 0. The van der Waals surface area contributed by atoms with Gasteiger partial charge in [0.15, 0.2) is 0 Å². The fraction of sp³-hybridized carbons (Fsp3) is 0.889. The van der Waals surface area contributed by atoms with Gasteiger partial charge in [0, 0.05) is 19.1 Å². The molecule has 16 heavy (non-hydrogen) atoms. The lowest BCUT2D eigenvalue weighted by molar-refractivity contribution is -0.140. The van der Waals surface area contributed by atoms with E-state index in [1.165, 1.54) is 7.11 Å². The summed E-state index contributed by atoms with van der Waals surface area (Å²) in [4.78, 5) is 10.8. The van der Waals surface area contributed by atoms with E-state index in [-0.39, 0.29) is 12.2 Å². The largest absolute Gasteiger partial charge is 0.469 e. The Morgan fingerprint density at radius 1 is 1.31 bits per heavy atom. The molecular weight excluding hydrogens is 232 g/mol. The molecule has 7 heteroatoms. The van der Waals surface area contributed by atoms with Crippen molar-refractivity contribution in [1.29, 1.82) is 0 Å². The average Bonchev–Trinajstić information content (AvgIpc) is 2.21. The molecule has 0 rings (SSSR count). The predicted octanol–water partition coefficient (Wildman–Crippen LogP) is -0.533. The lowest BCUT2D eigenvalue weighted by Gasteiger charge is -2.09. The zero-order valence-corrected chi connectivity index (χ0v) is 10.8. The van der Waals surface area contributed by atoms with Crippen LogP contribution in [0.15, 0.2) is 0 Å². The van der Waals surface area contributed by atoms with Gasteiger partial charge in [-0.25, -0.2) is 13.1 Å². The number of rotatable bonds is 8. The van der Waals surface area contributed by atoms with Crippen LogP contribution in [0.1, 0.15) is 20.3 Å². The smallest absolute Gasteiger partial charge is 0.306 e. The Labute approximate surface area is 96.8 Å². The normalized spacial score (nSPS) is 11.8. The van der Waals surface area contributed by atoms with Gasteiger partial charge in [-0.3, -0.25) is 4.79 Å². The van der Waals surface area contributed by atoms with Gasteiger partial charge in [-0.05, 0) is 0 Å². The summed E-state index contributed by atoms with van der Waals surface area (Å²) in [6, 6.07) is 0.319. The molecule has 2 N–H and O–H groups in total. The summed E-state index contributed by atoms with van der Waals surface area (Å²) < 4.78 is 29.5. The van der Waals surface area contributed by atoms with Crippen LogP contribution < -0.4 is 10.0 Å². The van der Waals surface area contributed by atoms with Gasteiger partial charge in [0.05, 0.1) is 19.3 Å². The summed E-state index contributed by atoms with van der Waals surface area (Å²) in [7, 11) is -2.14. The summed E-state index contributed by atoms with van der Waals surface area (Å²) in [5.41, 5.74) is 0. The maximum atomic E-state index is 11.3. The Balaban J connectivity index is 3.75. The minimum Gasteiger partial charge on any atom is -0.469 e. The first-order chi connectivity index (χ1) is 7.37. The van der Waals surface area contributed by atoms with Crippen LogP contribution in [0.2, 0.25) is 0 Å². The summed E-state index contributed by atoms with van der Waals surface area (Å²) in [6.07, 6.45) is -0.122. The highest BCUT2D eigenvalue weighted by Gasteiger charge is 2.12. The molecule has 0 atom stereocenters. The van der Waals surface area contributed by atoms with E-state index in [1.807, 2.05) is 13.8 Å².